The lowest BCUT2D eigenvalue weighted by atomic mass is 10.1. The average Bonchev–Trinajstić information content (AvgIpc) is 2.43. The Labute approximate surface area is 115 Å². The summed E-state index contributed by atoms with van der Waals surface area (Å²) >= 11 is 0. The molecule has 0 aliphatic carbocycles. The predicted molar refractivity (Wildman–Crippen MR) is 71.3 cm³/mol. The molecule has 2 aromatic rings. The molecular formula is C15H14F3NO. The van der Waals surface area contributed by atoms with E-state index in [1.54, 1.807) is 6.92 Å². The summed E-state index contributed by atoms with van der Waals surface area (Å²) in [5, 5.41) is 3.07. The van der Waals surface area contributed by atoms with Crippen LogP contribution in [0.4, 0.5) is 18.9 Å². The van der Waals surface area contributed by atoms with Crippen molar-refractivity contribution in [2.24, 2.45) is 0 Å². The van der Waals surface area contributed by atoms with Gasteiger partial charge in [0.1, 0.15) is 11.6 Å². The molecule has 2 nitrogen and oxygen atoms in total. The molecule has 0 saturated heterocycles. The minimum atomic E-state index is -0.901. The standard InChI is InChI=1S/C15H14F3NO/c1-9(10-3-5-12(17)13(18)7-10)19-14-6-4-11(16)8-15(14)20-2/h3-9,19H,1-2H3. The molecule has 0 heterocycles. The Morgan fingerprint density at radius 2 is 1.75 bits per heavy atom. The molecule has 5 heteroatoms. The van der Waals surface area contributed by atoms with Crippen molar-refractivity contribution in [1.82, 2.24) is 0 Å². The quantitative estimate of drug-likeness (QED) is 0.902. The van der Waals surface area contributed by atoms with Gasteiger partial charge in [0.2, 0.25) is 0 Å². The average molecular weight is 281 g/mol. The van der Waals surface area contributed by atoms with Gasteiger partial charge >= 0.3 is 0 Å². The number of methoxy groups -OCH3 is 1. The van der Waals surface area contributed by atoms with Crippen LogP contribution in [0.1, 0.15) is 18.5 Å². The van der Waals surface area contributed by atoms with Gasteiger partial charge in [-0.25, -0.2) is 13.2 Å². The van der Waals surface area contributed by atoms with E-state index in [1.165, 1.54) is 31.4 Å². The number of nitrogens with one attached hydrogen (secondary N) is 1. The van der Waals surface area contributed by atoms with E-state index in [2.05, 4.69) is 5.32 Å². The zero-order valence-corrected chi connectivity index (χ0v) is 11.1. The molecule has 2 aromatic carbocycles. The van der Waals surface area contributed by atoms with E-state index < -0.39 is 17.5 Å². The highest BCUT2D eigenvalue weighted by atomic mass is 19.2. The Morgan fingerprint density at radius 3 is 2.40 bits per heavy atom. The summed E-state index contributed by atoms with van der Waals surface area (Å²) in [6, 6.07) is 7.48. The fourth-order valence-corrected chi connectivity index (χ4v) is 1.88. The summed E-state index contributed by atoms with van der Waals surface area (Å²) in [5.74, 6) is -1.85. The molecule has 2 rings (SSSR count). The smallest absolute Gasteiger partial charge is 0.159 e. The normalized spacial score (nSPS) is 12.1. The van der Waals surface area contributed by atoms with Crippen molar-refractivity contribution in [3.63, 3.8) is 0 Å². The SMILES string of the molecule is COc1cc(F)ccc1NC(C)c1ccc(F)c(F)c1. The van der Waals surface area contributed by atoms with Gasteiger partial charge in [-0.3, -0.25) is 0 Å². The Morgan fingerprint density at radius 1 is 1.00 bits per heavy atom. The second kappa shape index (κ2) is 5.86. The second-order valence-electron chi connectivity index (χ2n) is 4.38. The lowest BCUT2D eigenvalue weighted by molar-refractivity contribution is 0.412. The first-order valence-electron chi connectivity index (χ1n) is 6.06. The molecule has 0 fully saturated rings. The minimum absolute atomic E-state index is 0.288. The van der Waals surface area contributed by atoms with Crippen LogP contribution in [-0.4, -0.2) is 7.11 Å². The van der Waals surface area contributed by atoms with Crippen LogP contribution in [0.2, 0.25) is 0 Å². The lowest BCUT2D eigenvalue weighted by Gasteiger charge is -2.18. The highest BCUT2D eigenvalue weighted by Gasteiger charge is 2.12. The zero-order valence-electron chi connectivity index (χ0n) is 11.1. The van der Waals surface area contributed by atoms with E-state index in [4.69, 9.17) is 4.74 Å². The van der Waals surface area contributed by atoms with Crippen molar-refractivity contribution < 1.29 is 17.9 Å². The molecular weight excluding hydrogens is 267 g/mol. The first-order valence-corrected chi connectivity index (χ1v) is 6.06. The maximum Gasteiger partial charge on any atom is 0.159 e. The molecule has 20 heavy (non-hydrogen) atoms. The third-order valence-corrected chi connectivity index (χ3v) is 2.98. The molecule has 0 aliphatic heterocycles. The highest BCUT2D eigenvalue weighted by Crippen LogP contribution is 2.29. The van der Waals surface area contributed by atoms with E-state index in [1.807, 2.05) is 0 Å². The summed E-state index contributed by atoms with van der Waals surface area (Å²) in [5.41, 5.74) is 1.15. The Hall–Kier alpha value is -2.17. The fraction of sp³-hybridized carbons (Fsp3) is 0.200. The van der Waals surface area contributed by atoms with Gasteiger partial charge in [-0.05, 0) is 36.8 Å². The molecule has 0 amide bonds. The summed E-state index contributed by atoms with van der Waals surface area (Å²) in [6.07, 6.45) is 0. The molecule has 1 unspecified atom stereocenters. The van der Waals surface area contributed by atoms with E-state index in [0.717, 1.165) is 12.1 Å². The molecule has 0 aliphatic rings. The zero-order chi connectivity index (χ0) is 14.7. The largest absolute Gasteiger partial charge is 0.494 e. The van der Waals surface area contributed by atoms with Crippen molar-refractivity contribution >= 4 is 5.69 Å². The number of rotatable bonds is 4. The molecule has 1 atom stereocenters. The van der Waals surface area contributed by atoms with E-state index in [0.29, 0.717) is 17.0 Å². The van der Waals surface area contributed by atoms with E-state index >= 15 is 0 Å². The van der Waals surface area contributed by atoms with Gasteiger partial charge in [0.25, 0.3) is 0 Å². The summed E-state index contributed by atoms with van der Waals surface area (Å²) in [6.45, 7) is 1.79. The van der Waals surface area contributed by atoms with E-state index in [9.17, 15) is 13.2 Å². The fourth-order valence-electron chi connectivity index (χ4n) is 1.88. The van der Waals surface area contributed by atoms with Crippen molar-refractivity contribution in [2.45, 2.75) is 13.0 Å². The Balaban J connectivity index is 2.22. The Bertz CT molecular complexity index is 616. The molecule has 0 bridgehead atoms. The van der Waals surface area contributed by atoms with Crippen molar-refractivity contribution in [3.8, 4) is 5.75 Å². The van der Waals surface area contributed by atoms with Gasteiger partial charge in [-0.15, -0.1) is 0 Å². The van der Waals surface area contributed by atoms with Gasteiger partial charge in [0, 0.05) is 12.1 Å². The van der Waals surface area contributed by atoms with Crippen LogP contribution in [0, 0.1) is 17.5 Å². The molecule has 0 radical (unpaired) electrons. The van der Waals surface area contributed by atoms with Crippen LogP contribution < -0.4 is 10.1 Å². The van der Waals surface area contributed by atoms with Gasteiger partial charge in [-0.1, -0.05) is 6.07 Å². The molecule has 1 N–H and O–H groups in total. The maximum absolute atomic E-state index is 13.2. The van der Waals surface area contributed by atoms with Crippen LogP contribution in [0.15, 0.2) is 36.4 Å². The van der Waals surface area contributed by atoms with Crippen LogP contribution in [0.5, 0.6) is 5.75 Å². The predicted octanol–water partition coefficient (Wildman–Crippen LogP) is 4.29. The number of halogens is 3. The first-order chi connectivity index (χ1) is 9.51. The van der Waals surface area contributed by atoms with Gasteiger partial charge < -0.3 is 10.1 Å². The minimum Gasteiger partial charge on any atom is -0.494 e. The maximum atomic E-state index is 13.2. The number of hydrogen-bond acceptors (Lipinski definition) is 2. The van der Waals surface area contributed by atoms with Crippen LogP contribution in [0.25, 0.3) is 0 Å². The topological polar surface area (TPSA) is 21.3 Å². The number of anilines is 1. The van der Waals surface area contributed by atoms with Crippen molar-refractivity contribution in [3.05, 3.63) is 59.4 Å². The Kier molecular flexibility index (Phi) is 4.17. The summed E-state index contributed by atoms with van der Waals surface area (Å²) < 4.78 is 44.3. The van der Waals surface area contributed by atoms with Crippen molar-refractivity contribution in [2.75, 3.05) is 12.4 Å². The van der Waals surface area contributed by atoms with Crippen molar-refractivity contribution in [1.29, 1.82) is 0 Å². The molecule has 0 spiro atoms. The van der Waals surface area contributed by atoms with Crippen LogP contribution in [-0.2, 0) is 0 Å². The second-order valence-corrected chi connectivity index (χ2v) is 4.38. The summed E-state index contributed by atoms with van der Waals surface area (Å²) in [7, 11) is 1.43. The van der Waals surface area contributed by atoms with Crippen LogP contribution >= 0.6 is 0 Å². The number of benzene rings is 2. The molecule has 0 saturated carbocycles. The lowest BCUT2D eigenvalue weighted by Crippen LogP contribution is -2.08. The van der Waals surface area contributed by atoms with Crippen LogP contribution in [0.3, 0.4) is 0 Å². The highest BCUT2D eigenvalue weighted by molar-refractivity contribution is 5.57. The number of ether oxygens (including phenoxy) is 1. The van der Waals surface area contributed by atoms with Gasteiger partial charge in [0.15, 0.2) is 11.6 Å². The molecule has 0 aromatic heterocycles. The number of hydrogen-bond donors (Lipinski definition) is 1. The first kappa shape index (κ1) is 14.2. The summed E-state index contributed by atoms with van der Waals surface area (Å²) in [4.78, 5) is 0. The molecule has 106 valence electrons. The van der Waals surface area contributed by atoms with E-state index in [-0.39, 0.29) is 6.04 Å². The third-order valence-electron chi connectivity index (χ3n) is 2.98. The monoisotopic (exact) mass is 281 g/mol. The van der Waals surface area contributed by atoms with Gasteiger partial charge in [0.05, 0.1) is 12.8 Å². The third kappa shape index (κ3) is 3.04. The van der Waals surface area contributed by atoms with Gasteiger partial charge in [-0.2, -0.15) is 0 Å².